The highest BCUT2D eigenvalue weighted by Gasteiger charge is 1.99. The number of nitrogens with zero attached hydrogens (tertiary/aromatic N) is 1. The molecule has 0 saturated carbocycles. The summed E-state index contributed by atoms with van der Waals surface area (Å²) < 4.78 is 0. The van der Waals surface area contributed by atoms with Crippen LogP contribution in [0.3, 0.4) is 0 Å². The Kier molecular flexibility index (Phi) is 5.36. The third-order valence-electron chi connectivity index (χ3n) is 2.13. The van der Waals surface area contributed by atoms with Gasteiger partial charge in [0.25, 0.3) is 0 Å². The summed E-state index contributed by atoms with van der Waals surface area (Å²) in [5.41, 5.74) is 2.36. The van der Waals surface area contributed by atoms with Crippen LogP contribution < -0.4 is 0 Å². The summed E-state index contributed by atoms with van der Waals surface area (Å²) in [7, 11) is 0. The molecular weight excluding hydrogens is 158 g/mol. The molecule has 1 nitrogen and oxygen atoms in total. The van der Waals surface area contributed by atoms with E-state index in [1.165, 1.54) is 5.57 Å². The second-order valence-corrected chi connectivity index (χ2v) is 3.94. The van der Waals surface area contributed by atoms with E-state index in [0.29, 0.717) is 11.8 Å². The molecule has 0 aromatic carbocycles. The molecule has 1 heteroatoms. The SMILES string of the molecule is C=C/C(=N\C=C(/C)C(C)C)C(C)C. The normalized spacial score (nSPS) is 14.1. The molecular formula is C12H21N. The molecule has 13 heavy (non-hydrogen) atoms. The molecule has 0 unspecified atom stereocenters. The maximum Gasteiger partial charge on any atom is 0.0423 e. The topological polar surface area (TPSA) is 12.4 Å². The average molecular weight is 179 g/mol. The van der Waals surface area contributed by atoms with Crippen LogP contribution in [-0.2, 0) is 0 Å². The Morgan fingerprint density at radius 2 is 1.69 bits per heavy atom. The van der Waals surface area contributed by atoms with Crippen LogP contribution in [0, 0.1) is 11.8 Å². The van der Waals surface area contributed by atoms with Crippen molar-refractivity contribution in [2.24, 2.45) is 16.8 Å². The number of allylic oxidation sites excluding steroid dienone is 2. The van der Waals surface area contributed by atoms with Crippen molar-refractivity contribution < 1.29 is 0 Å². The summed E-state index contributed by atoms with van der Waals surface area (Å²) >= 11 is 0. The molecule has 74 valence electrons. The molecule has 0 atom stereocenters. The molecule has 0 heterocycles. The van der Waals surface area contributed by atoms with Crippen LogP contribution in [0.5, 0.6) is 0 Å². The molecule has 0 spiro atoms. The zero-order valence-electron chi connectivity index (χ0n) is 9.46. The van der Waals surface area contributed by atoms with Crippen LogP contribution in [0.1, 0.15) is 34.6 Å². The zero-order chi connectivity index (χ0) is 10.4. The van der Waals surface area contributed by atoms with E-state index in [9.17, 15) is 0 Å². The summed E-state index contributed by atoms with van der Waals surface area (Å²) in [4.78, 5) is 4.40. The fraction of sp³-hybridized carbons (Fsp3) is 0.583. The van der Waals surface area contributed by atoms with Gasteiger partial charge in [-0.2, -0.15) is 0 Å². The summed E-state index contributed by atoms with van der Waals surface area (Å²) in [6, 6.07) is 0. The van der Waals surface area contributed by atoms with Crippen molar-refractivity contribution in [1.29, 1.82) is 0 Å². The number of rotatable bonds is 4. The van der Waals surface area contributed by atoms with Crippen LogP contribution in [0.15, 0.2) is 29.4 Å². The molecule has 0 bridgehead atoms. The van der Waals surface area contributed by atoms with Gasteiger partial charge in [0.2, 0.25) is 0 Å². The summed E-state index contributed by atoms with van der Waals surface area (Å²) in [6.07, 6.45) is 3.77. The van der Waals surface area contributed by atoms with Gasteiger partial charge in [-0.1, -0.05) is 39.8 Å². The molecule has 0 fully saturated rings. The second-order valence-electron chi connectivity index (χ2n) is 3.94. The minimum Gasteiger partial charge on any atom is -0.261 e. The van der Waals surface area contributed by atoms with Gasteiger partial charge in [-0.15, -0.1) is 0 Å². The van der Waals surface area contributed by atoms with Crippen molar-refractivity contribution in [2.45, 2.75) is 34.6 Å². The second kappa shape index (κ2) is 5.74. The van der Waals surface area contributed by atoms with Gasteiger partial charge < -0.3 is 0 Å². The molecule has 0 aliphatic carbocycles. The lowest BCUT2D eigenvalue weighted by Crippen LogP contribution is -2.02. The van der Waals surface area contributed by atoms with E-state index in [1.54, 1.807) is 0 Å². The quantitative estimate of drug-likeness (QED) is 0.582. The number of hydrogen-bond acceptors (Lipinski definition) is 1. The lowest BCUT2D eigenvalue weighted by Gasteiger charge is -2.05. The van der Waals surface area contributed by atoms with E-state index < -0.39 is 0 Å². The van der Waals surface area contributed by atoms with Crippen LogP contribution in [0.2, 0.25) is 0 Å². The molecule has 0 aliphatic heterocycles. The molecule has 0 N–H and O–H groups in total. The standard InChI is InChI=1S/C12H21N/c1-7-12(10(4)5)13-8-11(6)9(2)3/h7-10H,1H2,2-6H3/b11-8+,13-12+. The Labute approximate surface area is 82.3 Å². The Balaban J connectivity index is 4.54. The molecule has 0 aliphatic rings. The maximum absolute atomic E-state index is 4.40. The third kappa shape index (κ3) is 4.66. The predicted molar refractivity (Wildman–Crippen MR) is 61.1 cm³/mol. The fourth-order valence-corrected chi connectivity index (χ4v) is 0.763. The van der Waals surface area contributed by atoms with Crippen molar-refractivity contribution in [3.05, 3.63) is 24.4 Å². The van der Waals surface area contributed by atoms with Gasteiger partial charge in [-0.25, -0.2) is 0 Å². The number of aliphatic imine (C=N–C) groups is 1. The lowest BCUT2D eigenvalue weighted by molar-refractivity contribution is 0.765. The van der Waals surface area contributed by atoms with Crippen LogP contribution in [0.4, 0.5) is 0 Å². The highest BCUT2D eigenvalue weighted by Crippen LogP contribution is 2.08. The first kappa shape index (κ1) is 12.2. The summed E-state index contributed by atoms with van der Waals surface area (Å²) in [5.74, 6) is 1.02. The van der Waals surface area contributed by atoms with Crippen molar-refractivity contribution >= 4 is 5.71 Å². The van der Waals surface area contributed by atoms with E-state index in [-0.39, 0.29) is 0 Å². The Bertz CT molecular complexity index is 219. The maximum atomic E-state index is 4.40. The first-order valence-electron chi connectivity index (χ1n) is 4.85. The van der Waals surface area contributed by atoms with E-state index in [2.05, 4.69) is 46.2 Å². The van der Waals surface area contributed by atoms with E-state index in [1.807, 2.05) is 12.3 Å². The molecule has 0 radical (unpaired) electrons. The minimum atomic E-state index is 0.453. The molecule has 0 saturated heterocycles. The smallest absolute Gasteiger partial charge is 0.0423 e. The third-order valence-corrected chi connectivity index (χ3v) is 2.13. The lowest BCUT2D eigenvalue weighted by atomic mass is 10.1. The molecule has 0 aromatic heterocycles. The van der Waals surface area contributed by atoms with Crippen molar-refractivity contribution in [2.75, 3.05) is 0 Å². The van der Waals surface area contributed by atoms with Gasteiger partial charge in [0, 0.05) is 11.9 Å². The van der Waals surface area contributed by atoms with Crippen LogP contribution >= 0.6 is 0 Å². The van der Waals surface area contributed by atoms with E-state index in [4.69, 9.17) is 0 Å². The minimum absolute atomic E-state index is 0.453. The highest BCUT2D eigenvalue weighted by molar-refractivity contribution is 5.96. The Hall–Kier alpha value is -0.850. The molecule has 0 amide bonds. The van der Waals surface area contributed by atoms with Gasteiger partial charge in [0.15, 0.2) is 0 Å². The van der Waals surface area contributed by atoms with Crippen molar-refractivity contribution in [1.82, 2.24) is 0 Å². The van der Waals surface area contributed by atoms with Gasteiger partial charge >= 0.3 is 0 Å². The van der Waals surface area contributed by atoms with Crippen molar-refractivity contribution in [3.8, 4) is 0 Å². The van der Waals surface area contributed by atoms with Gasteiger partial charge in [0.05, 0.1) is 0 Å². The van der Waals surface area contributed by atoms with E-state index >= 15 is 0 Å². The first-order chi connectivity index (χ1) is 5.99. The molecule has 0 aromatic rings. The van der Waals surface area contributed by atoms with Crippen LogP contribution in [-0.4, -0.2) is 5.71 Å². The average Bonchev–Trinajstić information content (AvgIpc) is 2.04. The van der Waals surface area contributed by atoms with Crippen molar-refractivity contribution in [3.63, 3.8) is 0 Å². The van der Waals surface area contributed by atoms with Gasteiger partial charge in [-0.3, -0.25) is 4.99 Å². The Morgan fingerprint density at radius 1 is 1.15 bits per heavy atom. The zero-order valence-corrected chi connectivity index (χ0v) is 9.46. The predicted octanol–water partition coefficient (Wildman–Crippen LogP) is 3.83. The van der Waals surface area contributed by atoms with Crippen LogP contribution in [0.25, 0.3) is 0 Å². The Morgan fingerprint density at radius 3 is 2.00 bits per heavy atom. The number of hydrogen-bond donors (Lipinski definition) is 0. The van der Waals surface area contributed by atoms with E-state index in [0.717, 1.165) is 5.71 Å². The highest BCUT2D eigenvalue weighted by atomic mass is 14.7. The monoisotopic (exact) mass is 179 g/mol. The van der Waals surface area contributed by atoms with Gasteiger partial charge in [0.1, 0.15) is 0 Å². The summed E-state index contributed by atoms with van der Waals surface area (Å²) in [6.45, 7) is 14.4. The fourth-order valence-electron chi connectivity index (χ4n) is 0.763. The molecule has 0 rings (SSSR count). The summed E-state index contributed by atoms with van der Waals surface area (Å²) in [5, 5.41) is 0. The van der Waals surface area contributed by atoms with Gasteiger partial charge in [-0.05, 0) is 24.8 Å². The first-order valence-corrected chi connectivity index (χ1v) is 4.85. The largest absolute Gasteiger partial charge is 0.261 e.